The first-order valence-electron chi connectivity index (χ1n) is 9.91. The van der Waals surface area contributed by atoms with E-state index in [0.29, 0.717) is 11.6 Å². The molecule has 0 aliphatic carbocycles. The topological polar surface area (TPSA) is 42.0 Å². The fourth-order valence-electron chi connectivity index (χ4n) is 3.56. The first kappa shape index (κ1) is 20.5. The van der Waals surface area contributed by atoms with Crippen LogP contribution in [0.5, 0.6) is 0 Å². The Balaban J connectivity index is 1.70. The van der Waals surface area contributed by atoms with Crippen LogP contribution in [0.15, 0.2) is 54.6 Å². The molecule has 0 saturated carbocycles. The minimum absolute atomic E-state index is 0.298. The number of carbonyl (C=O) groups is 1. The Kier molecular flexibility index (Phi) is 7.60. The van der Waals surface area contributed by atoms with Gasteiger partial charge in [-0.1, -0.05) is 42.5 Å². The Labute approximate surface area is 167 Å². The summed E-state index contributed by atoms with van der Waals surface area (Å²) in [6.45, 7) is 8.68. The maximum absolute atomic E-state index is 11.7. The molecular weight excluding hydrogens is 352 g/mol. The minimum Gasteiger partial charge on any atom is -0.465 e. The van der Waals surface area contributed by atoms with Gasteiger partial charge in [-0.05, 0) is 30.2 Å². The molecule has 0 aromatic heterocycles. The normalized spacial score (nSPS) is 16.1. The van der Waals surface area contributed by atoms with Gasteiger partial charge in [0.2, 0.25) is 0 Å². The van der Waals surface area contributed by atoms with E-state index in [9.17, 15) is 4.79 Å². The molecule has 1 unspecified atom stereocenters. The molecule has 5 nitrogen and oxygen atoms in total. The number of hydrogen-bond donors (Lipinski definition) is 0. The third-order valence-electron chi connectivity index (χ3n) is 5.24. The van der Waals surface area contributed by atoms with Gasteiger partial charge < -0.3 is 9.47 Å². The standard InChI is InChI=1S/C23H30N2O3/c1-19(16-24-12-14-28-15-13-24)25(17-20-6-4-3-5-7-20)18-21-8-10-22(11-9-21)23(26)27-2/h3-11,19H,12-18H2,1-2H3. The van der Waals surface area contributed by atoms with Gasteiger partial charge in [0.15, 0.2) is 0 Å². The lowest BCUT2D eigenvalue weighted by molar-refractivity contribution is 0.0226. The van der Waals surface area contributed by atoms with Crippen molar-refractivity contribution in [3.05, 3.63) is 71.3 Å². The maximum atomic E-state index is 11.7. The molecular formula is C23H30N2O3. The SMILES string of the molecule is COC(=O)c1ccc(CN(Cc2ccccc2)C(C)CN2CCOCC2)cc1. The van der Waals surface area contributed by atoms with Gasteiger partial charge in [0.25, 0.3) is 0 Å². The zero-order chi connectivity index (χ0) is 19.8. The number of hydrogen-bond acceptors (Lipinski definition) is 5. The van der Waals surface area contributed by atoms with Gasteiger partial charge in [0, 0.05) is 38.8 Å². The van der Waals surface area contributed by atoms with Crippen LogP contribution in [0.4, 0.5) is 0 Å². The van der Waals surface area contributed by atoms with Crippen LogP contribution < -0.4 is 0 Å². The number of nitrogens with zero attached hydrogens (tertiary/aromatic N) is 2. The molecule has 5 heteroatoms. The second-order valence-corrected chi connectivity index (χ2v) is 7.34. The number of benzene rings is 2. The first-order chi connectivity index (χ1) is 13.7. The number of rotatable bonds is 8. The highest BCUT2D eigenvalue weighted by atomic mass is 16.5. The van der Waals surface area contributed by atoms with Crippen LogP contribution in [0.3, 0.4) is 0 Å². The predicted octanol–water partition coefficient (Wildman–Crippen LogP) is 3.20. The summed E-state index contributed by atoms with van der Waals surface area (Å²) in [5.74, 6) is -0.298. The third kappa shape index (κ3) is 5.89. The van der Waals surface area contributed by atoms with E-state index in [1.807, 2.05) is 24.3 Å². The van der Waals surface area contributed by atoms with E-state index in [1.165, 1.54) is 18.2 Å². The van der Waals surface area contributed by atoms with Gasteiger partial charge in [-0.15, -0.1) is 0 Å². The van der Waals surface area contributed by atoms with Crippen molar-refractivity contribution in [3.8, 4) is 0 Å². The summed E-state index contributed by atoms with van der Waals surface area (Å²) in [4.78, 5) is 16.6. The van der Waals surface area contributed by atoms with E-state index in [-0.39, 0.29) is 5.97 Å². The fourth-order valence-corrected chi connectivity index (χ4v) is 3.56. The number of methoxy groups -OCH3 is 1. The van der Waals surface area contributed by atoms with Gasteiger partial charge in [-0.3, -0.25) is 9.80 Å². The minimum atomic E-state index is -0.298. The molecule has 0 N–H and O–H groups in total. The summed E-state index contributed by atoms with van der Waals surface area (Å²) in [6.07, 6.45) is 0. The van der Waals surface area contributed by atoms with Crippen LogP contribution >= 0.6 is 0 Å². The Bertz CT molecular complexity index is 727. The summed E-state index contributed by atoms with van der Waals surface area (Å²) < 4.78 is 10.3. The van der Waals surface area contributed by atoms with Crippen molar-refractivity contribution in [1.82, 2.24) is 9.80 Å². The molecule has 1 heterocycles. The monoisotopic (exact) mass is 382 g/mol. The average molecular weight is 383 g/mol. The number of esters is 1. The molecule has 0 amide bonds. The summed E-state index contributed by atoms with van der Waals surface area (Å²) in [5.41, 5.74) is 3.09. The Hall–Kier alpha value is -2.21. The number of morpholine rings is 1. The lowest BCUT2D eigenvalue weighted by atomic mass is 10.1. The van der Waals surface area contributed by atoms with Gasteiger partial charge in [-0.2, -0.15) is 0 Å². The lowest BCUT2D eigenvalue weighted by Crippen LogP contribution is -2.45. The molecule has 1 aliphatic heterocycles. The highest BCUT2D eigenvalue weighted by Gasteiger charge is 2.20. The van der Waals surface area contributed by atoms with Gasteiger partial charge >= 0.3 is 5.97 Å². The van der Waals surface area contributed by atoms with Crippen molar-refractivity contribution < 1.29 is 14.3 Å². The zero-order valence-electron chi connectivity index (χ0n) is 16.8. The van der Waals surface area contributed by atoms with Gasteiger partial charge in [0.1, 0.15) is 0 Å². The molecule has 3 rings (SSSR count). The second kappa shape index (κ2) is 10.4. The van der Waals surface area contributed by atoms with Crippen molar-refractivity contribution >= 4 is 5.97 Å². The van der Waals surface area contributed by atoms with Crippen LogP contribution in [-0.2, 0) is 22.6 Å². The molecule has 1 fully saturated rings. The molecule has 2 aromatic carbocycles. The number of ether oxygens (including phenoxy) is 2. The van der Waals surface area contributed by atoms with E-state index < -0.39 is 0 Å². The van der Waals surface area contributed by atoms with Crippen molar-refractivity contribution in [1.29, 1.82) is 0 Å². The third-order valence-corrected chi connectivity index (χ3v) is 5.24. The second-order valence-electron chi connectivity index (χ2n) is 7.34. The van der Waals surface area contributed by atoms with E-state index in [1.54, 1.807) is 0 Å². The molecule has 1 atom stereocenters. The first-order valence-corrected chi connectivity index (χ1v) is 9.91. The van der Waals surface area contributed by atoms with Crippen LogP contribution in [0, 0.1) is 0 Å². The Morgan fingerprint density at radius 2 is 1.64 bits per heavy atom. The van der Waals surface area contributed by atoms with E-state index >= 15 is 0 Å². The fraction of sp³-hybridized carbons (Fsp3) is 0.435. The molecule has 2 aromatic rings. The molecule has 0 radical (unpaired) electrons. The summed E-state index contributed by atoms with van der Waals surface area (Å²) in [6, 6.07) is 18.7. The predicted molar refractivity (Wildman–Crippen MR) is 110 cm³/mol. The molecule has 150 valence electrons. The van der Waals surface area contributed by atoms with E-state index in [0.717, 1.165) is 45.9 Å². The zero-order valence-corrected chi connectivity index (χ0v) is 16.8. The molecule has 0 spiro atoms. The van der Waals surface area contributed by atoms with Crippen LogP contribution in [0.25, 0.3) is 0 Å². The van der Waals surface area contributed by atoms with Gasteiger partial charge in [-0.25, -0.2) is 4.79 Å². The van der Waals surface area contributed by atoms with Crippen LogP contribution in [0.2, 0.25) is 0 Å². The van der Waals surface area contributed by atoms with Crippen LogP contribution in [-0.4, -0.2) is 61.8 Å². The number of carbonyl (C=O) groups excluding carboxylic acids is 1. The summed E-state index contributed by atoms with van der Waals surface area (Å²) >= 11 is 0. The molecule has 28 heavy (non-hydrogen) atoms. The molecule has 1 aliphatic rings. The van der Waals surface area contributed by atoms with Crippen LogP contribution in [0.1, 0.15) is 28.4 Å². The van der Waals surface area contributed by atoms with E-state index in [2.05, 4.69) is 47.1 Å². The largest absolute Gasteiger partial charge is 0.465 e. The smallest absolute Gasteiger partial charge is 0.337 e. The lowest BCUT2D eigenvalue weighted by Gasteiger charge is -2.35. The Morgan fingerprint density at radius 3 is 2.25 bits per heavy atom. The summed E-state index contributed by atoms with van der Waals surface area (Å²) in [7, 11) is 1.41. The van der Waals surface area contributed by atoms with Gasteiger partial charge in [0.05, 0.1) is 25.9 Å². The van der Waals surface area contributed by atoms with Crippen molar-refractivity contribution in [2.45, 2.75) is 26.1 Å². The quantitative estimate of drug-likeness (QED) is 0.656. The van der Waals surface area contributed by atoms with Crippen molar-refractivity contribution in [2.75, 3.05) is 40.0 Å². The maximum Gasteiger partial charge on any atom is 0.337 e. The average Bonchev–Trinajstić information content (AvgIpc) is 2.74. The van der Waals surface area contributed by atoms with Crippen molar-refractivity contribution in [3.63, 3.8) is 0 Å². The van der Waals surface area contributed by atoms with E-state index in [4.69, 9.17) is 9.47 Å². The highest BCUT2D eigenvalue weighted by molar-refractivity contribution is 5.89. The Morgan fingerprint density at radius 1 is 1.04 bits per heavy atom. The summed E-state index contributed by atoms with van der Waals surface area (Å²) in [5, 5.41) is 0. The van der Waals surface area contributed by atoms with Crippen molar-refractivity contribution in [2.24, 2.45) is 0 Å². The highest BCUT2D eigenvalue weighted by Crippen LogP contribution is 2.16. The molecule has 0 bridgehead atoms. The molecule has 1 saturated heterocycles.